The molecule has 0 radical (unpaired) electrons. The van der Waals surface area contributed by atoms with E-state index in [9.17, 15) is 13.5 Å². The molecule has 202 valence electrons. The van der Waals surface area contributed by atoms with Crippen LogP contribution in [0.1, 0.15) is 25.0 Å². The largest absolute Gasteiger partial charge is 0.373 e. The summed E-state index contributed by atoms with van der Waals surface area (Å²) in [6.45, 7) is 8.01. The lowest BCUT2D eigenvalue weighted by Gasteiger charge is -2.30. The van der Waals surface area contributed by atoms with Crippen molar-refractivity contribution in [3.05, 3.63) is 59.9 Å². The van der Waals surface area contributed by atoms with Crippen LogP contribution < -0.4 is 24.7 Å². The Balaban J connectivity index is 1.41. The first-order valence-corrected chi connectivity index (χ1v) is 14.4. The topological polar surface area (TPSA) is 127 Å². The minimum atomic E-state index is -3.51. The number of hydrogen-bond acceptors (Lipinski definition) is 10. The van der Waals surface area contributed by atoms with Gasteiger partial charge in [-0.15, -0.1) is 0 Å². The zero-order valence-electron chi connectivity index (χ0n) is 22.1. The summed E-state index contributed by atoms with van der Waals surface area (Å²) in [6.07, 6.45) is 3.54. The van der Waals surface area contributed by atoms with Crippen LogP contribution in [0.15, 0.2) is 48.8 Å². The highest BCUT2D eigenvalue weighted by Crippen LogP contribution is 2.44. The second kappa shape index (κ2) is 10.0. The van der Waals surface area contributed by atoms with Crippen molar-refractivity contribution >= 4 is 39.0 Å². The number of rotatable bonds is 7. The first kappa shape index (κ1) is 26.1. The molecule has 0 saturated carbocycles. The first-order chi connectivity index (χ1) is 18.1. The summed E-state index contributed by atoms with van der Waals surface area (Å²) < 4.78 is 25.6. The molecule has 1 saturated heterocycles. The summed E-state index contributed by atoms with van der Waals surface area (Å²) in [5.41, 5.74) is 2.86. The normalized spacial score (nSPS) is 18.8. The highest BCUT2D eigenvalue weighted by molar-refractivity contribution is 7.92. The fraction of sp³-hybridized carbons (Fsp3) is 0.423. The summed E-state index contributed by atoms with van der Waals surface area (Å²) in [5, 5.41) is 17.9. The van der Waals surface area contributed by atoms with Crippen molar-refractivity contribution in [1.82, 2.24) is 20.3 Å². The molecule has 1 aromatic carbocycles. The molecule has 1 unspecified atom stereocenters. The zero-order chi connectivity index (χ0) is 27.1. The maximum atomic E-state index is 12.2. The predicted molar refractivity (Wildman–Crippen MR) is 150 cm³/mol. The van der Waals surface area contributed by atoms with Gasteiger partial charge in [0, 0.05) is 73.5 Å². The van der Waals surface area contributed by atoms with Crippen molar-refractivity contribution in [3.8, 4) is 0 Å². The molecule has 3 aromatic rings. The third-order valence-corrected chi connectivity index (χ3v) is 8.45. The van der Waals surface area contributed by atoms with Crippen molar-refractivity contribution in [3.63, 3.8) is 0 Å². The molecule has 1 fully saturated rings. The van der Waals surface area contributed by atoms with Crippen molar-refractivity contribution < 1.29 is 13.5 Å². The van der Waals surface area contributed by atoms with E-state index in [1.165, 1.54) is 12.7 Å². The van der Waals surface area contributed by atoms with E-state index in [-0.39, 0.29) is 6.54 Å². The lowest BCUT2D eigenvalue weighted by atomic mass is 9.87. The van der Waals surface area contributed by atoms with Crippen LogP contribution in [0.5, 0.6) is 0 Å². The number of nitrogens with one attached hydrogen (secondary N) is 2. The van der Waals surface area contributed by atoms with E-state index in [0.717, 1.165) is 48.0 Å². The van der Waals surface area contributed by atoms with Crippen LogP contribution >= 0.6 is 0 Å². The SMILES string of the molecule is CN(c1ncccc1CN1c2nc(Nc3ccc(N4CCNCC4)cc3)ncc2C(C)(C)C1O)S(C)(=O)=O. The number of hydrogen-bond donors (Lipinski definition) is 3. The molecular formula is C26H34N8O3S. The number of fused-ring (bicyclic) bond motifs is 1. The molecule has 0 bridgehead atoms. The van der Waals surface area contributed by atoms with Crippen LogP contribution in [0.25, 0.3) is 0 Å². The fourth-order valence-corrected chi connectivity index (χ4v) is 5.38. The second-order valence-electron chi connectivity index (χ2n) is 10.3. The molecule has 2 aromatic heterocycles. The molecule has 11 nitrogen and oxygen atoms in total. The quantitative estimate of drug-likeness (QED) is 0.411. The molecule has 2 aliphatic heterocycles. The first-order valence-electron chi connectivity index (χ1n) is 12.6. The Labute approximate surface area is 223 Å². The van der Waals surface area contributed by atoms with Gasteiger partial charge in [0.05, 0.1) is 12.8 Å². The minimum Gasteiger partial charge on any atom is -0.373 e. The average Bonchev–Trinajstić information content (AvgIpc) is 3.09. The van der Waals surface area contributed by atoms with Crippen LogP contribution in [-0.4, -0.2) is 74.2 Å². The van der Waals surface area contributed by atoms with E-state index in [1.807, 2.05) is 32.0 Å². The minimum absolute atomic E-state index is 0.219. The van der Waals surface area contributed by atoms with E-state index in [1.54, 1.807) is 23.4 Å². The van der Waals surface area contributed by atoms with E-state index in [2.05, 4.69) is 37.6 Å². The van der Waals surface area contributed by atoms with Crippen LogP contribution in [0, 0.1) is 0 Å². The number of piperazine rings is 1. The number of aliphatic hydroxyl groups is 1. The number of benzene rings is 1. The molecule has 0 amide bonds. The molecule has 0 spiro atoms. The van der Waals surface area contributed by atoms with Gasteiger partial charge >= 0.3 is 0 Å². The van der Waals surface area contributed by atoms with Crippen LogP contribution in [0.3, 0.4) is 0 Å². The molecule has 2 aliphatic rings. The number of anilines is 5. The Morgan fingerprint density at radius 1 is 1.16 bits per heavy atom. The van der Waals surface area contributed by atoms with E-state index >= 15 is 0 Å². The van der Waals surface area contributed by atoms with Gasteiger partial charge in [0.25, 0.3) is 0 Å². The highest BCUT2D eigenvalue weighted by atomic mass is 32.2. The number of sulfonamides is 1. The van der Waals surface area contributed by atoms with Crippen LogP contribution in [0.4, 0.5) is 29.0 Å². The average molecular weight is 539 g/mol. The zero-order valence-corrected chi connectivity index (χ0v) is 22.9. The van der Waals surface area contributed by atoms with Gasteiger partial charge in [-0.1, -0.05) is 19.9 Å². The summed E-state index contributed by atoms with van der Waals surface area (Å²) in [5.74, 6) is 1.31. The van der Waals surface area contributed by atoms with Crippen molar-refractivity contribution in [2.24, 2.45) is 0 Å². The Kier molecular flexibility index (Phi) is 6.88. The summed E-state index contributed by atoms with van der Waals surface area (Å²) in [4.78, 5) is 17.7. The van der Waals surface area contributed by atoms with Crippen molar-refractivity contribution in [1.29, 1.82) is 0 Å². The third kappa shape index (κ3) is 4.98. The van der Waals surface area contributed by atoms with Gasteiger partial charge in [-0.05, 0) is 30.3 Å². The Morgan fingerprint density at radius 2 is 1.87 bits per heavy atom. The van der Waals surface area contributed by atoms with Gasteiger partial charge < -0.3 is 25.5 Å². The summed E-state index contributed by atoms with van der Waals surface area (Å²) in [7, 11) is -2.04. The van der Waals surface area contributed by atoms with Gasteiger partial charge in [0.15, 0.2) is 0 Å². The lowest BCUT2D eigenvalue weighted by Crippen LogP contribution is -2.43. The summed E-state index contributed by atoms with van der Waals surface area (Å²) >= 11 is 0. The maximum absolute atomic E-state index is 12.2. The van der Waals surface area contributed by atoms with Crippen molar-refractivity contribution in [2.75, 3.05) is 58.9 Å². The number of pyridine rings is 1. The molecule has 12 heteroatoms. The molecule has 38 heavy (non-hydrogen) atoms. The van der Waals surface area contributed by atoms with Gasteiger partial charge in [-0.2, -0.15) is 4.98 Å². The van der Waals surface area contributed by atoms with Crippen LogP contribution in [0.2, 0.25) is 0 Å². The van der Waals surface area contributed by atoms with Crippen molar-refractivity contribution in [2.45, 2.75) is 32.0 Å². The fourth-order valence-electron chi connectivity index (χ4n) is 4.90. The summed E-state index contributed by atoms with van der Waals surface area (Å²) in [6, 6.07) is 11.7. The van der Waals surface area contributed by atoms with Gasteiger partial charge in [-0.3, -0.25) is 4.31 Å². The standard InChI is InChI=1S/C26H34N8O3S/c1-26(2)21-16-29-25(30-19-7-9-20(10-8-19)33-14-12-27-13-15-33)31-23(21)34(24(26)35)17-18-6-5-11-28-22(18)32(3)38(4,36)37/h5-11,16,24,27,35H,12-15,17H2,1-4H3,(H,29,30,31). The third-order valence-electron chi connectivity index (χ3n) is 7.29. The predicted octanol–water partition coefficient (Wildman–Crippen LogP) is 2.04. The monoisotopic (exact) mass is 538 g/mol. The maximum Gasteiger partial charge on any atom is 0.233 e. The molecule has 4 heterocycles. The van der Waals surface area contributed by atoms with Crippen LogP contribution in [-0.2, 0) is 22.0 Å². The van der Waals surface area contributed by atoms with Gasteiger partial charge in [0.2, 0.25) is 16.0 Å². The molecular weight excluding hydrogens is 504 g/mol. The Morgan fingerprint density at radius 3 is 2.55 bits per heavy atom. The van der Waals surface area contributed by atoms with E-state index in [4.69, 9.17) is 4.98 Å². The molecule has 1 atom stereocenters. The van der Waals surface area contributed by atoms with E-state index < -0.39 is 21.7 Å². The highest BCUT2D eigenvalue weighted by Gasteiger charge is 2.45. The molecule has 3 N–H and O–H groups in total. The second-order valence-corrected chi connectivity index (χ2v) is 12.3. The molecule has 0 aliphatic carbocycles. The Bertz CT molecular complexity index is 1410. The Hall–Kier alpha value is -3.48. The smallest absolute Gasteiger partial charge is 0.233 e. The van der Waals surface area contributed by atoms with E-state index in [0.29, 0.717) is 23.1 Å². The van der Waals surface area contributed by atoms with Gasteiger partial charge in [-0.25, -0.2) is 18.4 Å². The number of nitrogens with zero attached hydrogens (tertiary/aromatic N) is 6. The lowest BCUT2D eigenvalue weighted by molar-refractivity contribution is 0.107. The molecule has 5 rings (SSSR count). The number of aliphatic hydroxyl groups excluding tert-OH is 1. The van der Waals surface area contributed by atoms with Gasteiger partial charge in [0.1, 0.15) is 17.9 Å². The number of aromatic nitrogens is 3.